The Kier molecular flexibility index (Phi) is 4.48. The molecule has 0 radical (unpaired) electrons. The summed E-state index contributed by atoms with van der Waals surface area (Å²) in [6, 6.07) is 0. The van der Waals surface area contributed by atoms with Crippen LogP contribution in [0.2, 0.25) is 0 Å². The van der Waals surface area contributed by atoms with Gasteiger partial charge in [-0.3, -0.25) is 9.48 Å². The van der Waals surface area contributed by atoms with Crippen LogP contribution in [-0.2, 0) is 7.05 Å². The second kappa shape index (κ2) is 5.95. The number of carbonyl (C=O) groups excluding carboxylic acids is 1. The highest BCUT2D eigenvalue weighted by Gasteiger charge is 2.32. The summed E-state index contributed by atoms with van der Waals surface area (Å²) in [7, 11) is 1.84. The first kappa shape index (κ1) is 15.0. The van der Waals surface area contributed by atoms with E-state index in [1.54, 1.807) is 4.68 Å². The zero-order valence-corrected chi connectivity index (χ0v) is 12.7. The fourth-order valence-electron chi connectivity index (χ4n) is 3.15. The van der Waals surface area contributed by atoms with E-state index in [2.05, 4.69) is 10.4 Å². The summed E-state index contributed by atoms with van der Waals surface area (Å²) in [5.74, 6) is -0.0773. The molecule has 5 nitrogen and oxygen atoms in total. The normalized spacial score (nSPS) is 18.0. The van der Waals surface area contributed by atoms with Crippen LogP contribution in [0.4, 0.5) is 0 Å². The Hall–Kier alpha value is -1.36. The highest BCUT2D eigenvalue weighted by Crippen LogP contribution is 2.35. The van der Waals surface area contributed by atoms with Gasteiger partial charge >= 0.3 is 0 Å². The molecule has 1 saturated carbocycles. The van der Waals surface area contributed by atoms with Crippen molar-refractivity contribution in [3.63, 3.8) is 0 Å². The fourth-order valence-corrected chi connectivity index (χ4v) is 3.15. The minimum absolute atomic E-state index is 0.0773. The van der Waals surface area contributed by atoms with E-state index in [0.717, 1.165) is 37.1 Å². The quantitative estimate of drug-likeness (QED) is 0.881. The number of aryl methyl sites for hydroxylation is 2. The van der Waals surface area contributed by atoms with Gasteiger partial charge in [-0.25, -0.2) is 0 Å². The van der Waals surface area contributed by atoms with Gasteiger partial charge in [-0.2, -0.15) is 5.10 Å². The number of carbonyl (C=O) groups is 1. The van der Waals surface area contributed by atoms with Crippen LogP contribution in [0.1, 0.15) is 53.8 Å². The van der Waals surface area contributed by atoms with E-state index in [1.807, 2.05) is 20.9 Å². The molecule has 1 aromatic heterocycles. The van der Waals surface area contributed by atoms with Crippen LogP contribution in [0.5, 0.6) is 0 Å². The summed E-state index contributed by atoms with van der Waals surface area (Å²) in [6.45, 7) is 4.45. The summed E-state index contributed by atoms with van der Waals surface area (Å²) in [6.07, 6.45) is 5.50. The topological polar surface area (TPSA) is 67.2 Å². The molecule has 2 N–H and O–H groups in total. The fraction of sp³-hybridized carbons (Fsp3) is 0.733. The first-order chi connectivity index (χ1) is 9.49. The van der Waals surface area contributed by atoms with Gasteiger partial charge in [0.25, 0.3) is 5.91 Å². The van der Waals surface area contributed by atoms with Gasteiger partial charge in [0, 0.05) is 24.7 Å². The highest BCUT2D eigenvalue weighted by molar-refractivity contribution is 5.96. The van der Waals surface area contributed by atoms with Crippen LogP contribution in [0.25, 0.3) is 0 Å². The molecule has 0 spiro atoms. The molecule has 20 heavy (non-hydrogen) atoms. The maximum absolute atomic E-state index is 12.4. The lowest BCUT2D eigenvalue weighted by molar-refractivity contribution is 0.0717. The van der Waals surface area contributed by atoms with Crippen LogP contribution < -0.4 is 5.32 Å². The van der Waals surface area contributed by atoms with Gasteiger partial charge in [-0.05, 0) is 26.7 Å². The Bertz CT molecular complexity index is 488. The number of nitrogens with one attached hydrogen (secondary N) is 1. The van der Waals surface area contributed by atoms with Crippen LogP contribution in [0, 0.1) is 19.3 Å². The molecule has 0 unspecified atom stereocenters. The van der Waals surface area contributed by atoms with E-state index in [9.17, 15) is 9.90 Å². The molecule has 5 heteroatoms. The Morgan fingerprint density at radius 3 is 2.50 bits per heavy atom. The molecule has 2 rings (SSSR count). The van der Waals surface area contributed by atoms with Gasteiger partial charge in [-0.15, -0.1) is 0 Å². The van der Waals surface area contributed by atoms with Gasteiger partial charge < -0.3 is 10.4 Å². The second-order valence-corrected chi connectivity index (χ2v) is 6.07. The van der Waals surface area contributed by atoms with Gasteiger partial charge in [-0.1, -0.05) is 19.3 Å². The van der Waals surface area contributed by atoms with Crippen molar-refractivity contribution in [3.8, 4) is 0 Å². The number of aliphatic hydroxyl groups is 1. The number of nitrogens with zero attached hydrogens (tertiary/aromatic N) is 2. The lowest BCUT2D eigenvalue weighted by atomic mass is 9.74. The molecule has 1 aliphatic carbocycles. The average molecular weight is 279 g/mol. The Balaban J connectivity index is 2.04. The molecule has 0 aliphatic heterocycles. The van der Waals surface area contributed by atoms with Crippen LogP contribution in [0.15, 0.2) is 0 Å². The van der Waals surface area contributed by atoms with Crippen molar-refractivity contribution in [3.05, 3.63) is 17.0 Å². The Morgan fingerprint density at radius 1 is 1.35 bits per heavy atom. The van der Waals surface area contributed by atoms with Crippen molar-refractivity contribution in [2.24, 2.45) is 12.5 Å². The maximum Gasteiger partial charge on any atom is 0.255 e. The number of rotatable bonds is 4. The molecule has 1 heterocycles. The average Bonchev–Trinajstić information content (AvgIpc) is 2.71. The minimum atomic E-state index is -0.127. The SMILES string of the molecule is Cc1nn(C)c(C)c1C(=O)NCC1(CO)CCCCC1. The number of aromatic nitrogens is 2. The maximum atomic E-state index is 12.4. The van der Waals surface area contributed by atoms with Gasteiger partial charge in [0.1, 0.15) is 0 Å². The number of aliphatic hydroxyl groups excluding tert-OH is 1. The molecule has 1 fully saturated rings. The summed E-state index contributed by atoms with van der Waals surface area (Å²) in [5.41, 5.74) is 2.17. The predicted octanol–water partition coefficient (Wildman–Crippen LogP) is 1.71. The van der Waals surface area contributed by atoms with Crippen molar-refractivity contribution in [1.29, 1.82) is 0 Å². The van der Waals surface area contributed by atoms with E-state index in [1.165, 1.54) is 6.42 Å². The zero-order chi connectivity index (χ0) is 14.8. The van der Waals surface area contributed by atoms with Crippen molar-refractivity contribution in [2.75, 3.05) is 13.2 Å². The summed E-state index contributed by atoms with van der Waals surface area (Å²) >= 11 is 0. The molecule has 0 aromatic carbocycles. The smallest absolute Gasteiger partial charge is 0.255 e. The number of amides is 1. The molecule has 0 atom stereocenters. The van der Waals surface area contributed by atoms with Gasteiger partial charge in [0.15, 0.2) is 0 Å². The monoisotopic (exact) mass is 279 g/mol. The van der Waals surface area contributed by atoms with E-state index < -0.39 is 0 Å². The second-order valence-electron chi connectivity index (χ2n) is 6.07. The van der Waals surface area contributed by atoms with Crippen molar-refractivity contribution in [1.82, 2.24) is 15.1 Å². The number of hydrogen-bond acceptors (Lipinski definition) is 3. The van der Waals surface area contributed by atoms with E-state index in [0.29, 0.717) is 12.1 Å². The van der Waals surface area contributed by atoms with E-state index in [-0.39, 0.29) is 17.9 Å². The van der Waals surface area contributed by atoms with Crippen LogP contribution >= 0.6 is 0 Å². The first-order valence-electron chi connectivity index (χ1n) is 7.38. The molecular weight excluding hydrogens is 254 g/mol. The summed E-state index contributed by atoms with van der Waals surface area (Å²) < 4.78 is 1.73. The van der Waals surface area contributed by atoms with Gasteiger partial charge in [0.05, 0.1) is 17.9 Å². The largest absolute Gasteiger partial charge is 0.396 e. The van der Waals surface area contributed by atoms with E-state index >= 15 is 0 Å². The lowest BCUT2D eigenvalue weighted by Crippen LogP contribution is -2.41. The standard InChI is InChI=1S/C15H25N3O2/c1-11-13(12(2)18(3)17-11)14(20)16-9-15(10-19)7-5-4-6-8-15/h19H,4-10H2,1-3H3,(H,16,20). The zero-order valence-electron chi connectivity index (χ0n) is 12.7. The van der Waals surface area contributed by atoms with Crippen LogP contribution in [-0.4, -0.2) is 33.9 Å². The first-order valence-corrected chi connectivity index (χ1v) is 7.38. The lowest BCUT2D eigenvalue weighted by Gasteiger charge is -2.35. The molecule has 1 aliphatic rings. The highest BCUT2D eigenvalue weighted by atomic mass is 16.3. The third-order valence-corrected chi connectivity index (χ3v) is 4.61. The molecule has 1 amide bonds. The predicted molar refractivity (Wildman–Crippen MR) is 77.6 cm³/mol. The molecule has 0 bridgehead atoms. The minimum Gasteiger partial charge on any atom is -0.396 e. The Morgan fingerprint density at radius 2 is 2.00 bits per heavy atom. The van der Waals surface area contributed by atoms with Crippen molar-refractivity contribution >= 4 is 5.91 Å². The van der Waals surface area contributed by atoms with Crippen molar-refractivity contribution < 1.29 is 9.90 Å². The van der Waals surface area contributed by atoms with Crippen LogP contribution in [0.3, 0.4) is 0 Å². The molecular formula is C15H25N3O2. The third-order valence-electron chi connectivity index (χ3n) is 4.61. The Labute approximate surface area is 120 Å². The molecule has 1 aromatic rings. The van der Waals surface area contributed by atoms with Crippen molar-refractivity contribution in [2.45, 2.75) is 46.0 Å². The summed E-state index contributed by atoms with van der Waals surface area (Å²) in [4.78, 5) is 12.4. The van der Waals surface area contributed by atoms with E-state index in [4.69, 9.17) is 0 Å². The molecule has 112 valence electrons. The number of hydrogen-bond donors (Lipinski definition) is 2. The van der Waals surface area contributed by atoms with Gasteiger partial charge in [0.2, 0.25) is 0 Å². The third kappa shape index (κ3) is 2.87. The molecule has 0 saturated heterocycles. The summed E-state index contributed by atoms with van der Waals surface area (Å²) in [5, 5.41) is 16.9.